The van der Waals surface area contributed by atoms with Crippen LogP contribution in [0.5, 0.6) is 0 Å². The van der Waals surface area contributed by atoms with Gasteiger partial charge in [0.05, 0.1) is 0 Å². The third kappa shape index (κ3) is 3.52. The number of nitrogens with zero attached hydrogens (tertiary/aromatic N) is 1. The lowest BCUT2D eigenvalue weighted by atomic mass is 10.3. The fourth-order valence-corrected chi connectivity index (χ4v) is 0.938. The van der Waals surface area contributed by atoms with E-state index in [4.69, 9.17) is 5.73 Å². The van der Waals surface area contributed by atoms with Gasteiger partial charge in [0, 0.05) is 13.6 Å². The van der Waals surface area contributed by atoms with Gasteiger partial charge in [0.1, 0.15) is 6.04 Å². The summed E-state index contributed by atoms with van der Waals surface area (Å²) in [4.78, 5) is 13.0. The van der Waals surface area contributed by atoms with Crippen molar-refractivity contribution in [3.8, 4) is 0 Å². The highest BCUT2D eigenvalue weighted by atomic mass is 32.1. The van der Waals surface area contributed by atoms with Gasteiger partial charge in [-0.3, -0.25) is 4.79 Å². The van der Waals surface area contributed by atoms with Gasteiger partial charge in [0.25, 0.3) is 0 Å². The number of likely N-dealkylation sites (N-methyl/N-ethyl adjacent to an activating group) is 1. The van der Waals surface area contributed by atoms with Gasteiger partial charge in [0.15, 0.2) is 5.11 Å². The van der Waals surface area contributed by atoms with Crippen LogP contribution in [0.25, 0.3) is 0 Å². The topological polar surface area (TPSA) is 58.4 Å². The van der Waals surface area contributed by atoms with Crippen molar-refractivity contribution >= 4 is 23.2 Å². The molecule has 0 saturated carbocycles. The highest BCUT2D eigenvalue weighted by molar-refractivity contribution is 7.80. The molecule has 1 atom stereocenters. The van der Waals surface area contributed by atoms with E-state index in [2.05, 4.69) is 17.5 Å². The Labute approximate surface area is 78.1 Å². The predicted octanol–water partition coefficient (Wildman–Crippen LogP) is -0.314. The molecule has 0 radical (unpaired) electrons. The van der Waals surface area contributed by atoms with Gasteiger partial charge in [-0.05, 0) is 26.1 Å². The Morgan fingerprint density at radius 2 is 2.25 bits per heavy atom. The number of carbonyl (C=O) groups is 1. The van der Waals surface area contributed by atoms with E-state index in [1.54, 1.807) is 18.9 Å². The molecule has 0 rings (SSSR count). The zero-order valence-corrected chi connectivity index (χ0v) is 8.44. The summed E-state index contributed by atoms with van der Waals surface area (Å²) in [5, 5.41) is 2.83. The van der Waals surface area contributed by atoms with Crippen LogP contribution in [0.4, 0.5) is 0 Å². The molecular formula is C7H15N3OS. The molecule has 0 aromatic rings. The van der Waals surface area contributed by atoms with Crippen molar-refractivity contribution in [3.05, 3.63) is 0 Å². The van der Waals surface area contributed by atoms with Crippen molar-refractivity contribution in [1.82, 2.24) is 10.2 Å². The quantitative estimate of drug-likeness (QED) is 0.598. The van der Waals surface area contributed by atoms with Crippen molar-refractivity contribution in [2.75, 3.05) is 13.6 Å². The second kappa shape index (κ2) is 4.92. The minimum absolute atomic E-state index is 0.00898. The SMILES string of the molecule is CCN(C)C(=O)C(C)NC(N)=S. The minimum atomic E-state index is -0.340. The molecule has 0 spiro atoms. The van der Waals surface area contributed by atoms with E-state index in [1.165, 1.54) is 0 Å². The summed E-state index contributed by atoms with van der Waals surface area (Å²) in [7, 11) is 1.74. The van der Waals surface area contributed by atoms with Gasteiger partial charge >= 0.3 is 0 Å². The summed E-state index contributed by atoms with van der Waals surface area (Å²) in [5.74, 6) is -0.00898. The molecule has 0 aliphatic rings. The molecule has 0 fully saturated rings. The monoisotopic (exact) mass is 189 g/mol. The molecule has 0 saturated heterocycles. The highest BCUT2D eigenvalue weighted by Crippen LogP contribution is 1.90. The van der Waals surface area contributed by atoms with Crippen LogP contribution in [0.1, 0.15) is 13.8 Å². The number of thiocarbonyl (C=S) groups is 1. The molecule has 12 heavy (non-hydrogen) atoms. The normalized spacial score (nSPS) is 11.9. The first kappa shape index (κ1) is 11.2. The standard InChI is InChI=1S/C7H15N3OS/c1-4-10(3)6(11)5(2)9-7(8)12/h5H,4H2,1-3H3,(H3,8,9,12). The summed E-state index contributed by atoms with van der Waals surface area (Å²) >= 11 is 4.61. The molecule has 1 unspecified atom stereocenters. The lowest BCUT2D eigenvalue weighted by Crippen LogP contribution is -2.47. The van der Waals surface area contributed by atoms with Gasteiger partial charge in [-0.15, -0.1) is 0 Å². The molecule has 5 heteroatoms. The van der Waals surface area contributed by atoms with E-state index in [1.807, 2.05) is 6.92 Å². The van der Waals surface area contributed by atoms with Crippen molar-refractivity contribution in [2.24, 2.45) is 5.73 Å². The third-order valence-corrected chi connectivity index (χ3v) is 1.70. The maximum atomic E-state index is 11.4. The van der Waals surface area contributed by atoms with Crippen LogP contribution in [0.2, 0.25) is 0 Å². The van der Waals surface area contributed by atoms with Gasteiger partial charge in [-0.2, -0.15) is 0 Å². The second-order valence-corrected chi connectivity index (χ2v) is 3.02. The summed E-state index contributed by atoms with van der Waals surface area (Å²) in [6, 6.07) is -0.340. The Morgan fingerprint density at radius 3 is 2.58 bits per heavy atom. The lowest BCUT2D eigenvalue weighted by Gasteiger charge is -2.20. The first-order valence-electron chi connectivity index (χ1n) is 3.80. The smallest absolute Gasteiger partial charge is 0.244 e. The largest absolute Gasteiger partial charge is 0.376 e. The van der Waals surface area contributed by atoms with E-state index < -0.39 is 0 Å². The molecule has 1 amide bonds. The first-order chi connectivity index (χ1) is 5.49. The Hall–Kier alpha value is -0.840. The fourth-order valence-electron chi connectivity index (χ4n) is 0.762. The zero-order chi connectivity index (χ0) is 9.72. The first-order valence-corrected chi connectivity index (χ1v) is 4.20. The Balaban J connectivity index is 4.01. The number of hydrogen-bond donors (Lipinski definition) is 2. The van der Waals surface area contributed by atoms with Crippen LogP contribution >= 0.6 is 12.2 Å². The Bertz CT molecular complexity index is 183. The molecule has 0 aromatic carbocycles. The summed E-state index contributed by atoms with van der Waals surface area (Å²) in [6.07, 6.45) is 0. The lowest BCUT2D eigenvalue weighted by molar-refractivity contribution is -0.131. The fraction of sp³-hybridized carbons (Fsp3) is 0.714. The van der Waals surface area contributed by atoms with Gasteiger partial charge < -0.3 is 16.0 Å². The van der Waals surface area contributed by atoms with Crippen molar-refractivity contribution < 1.29 is 4.79 Å². The van der Waals surface area contributed by atoms with Gasteiger partial charge in [0.2, 0.25) is 5.91 Å². The van der Waals surface area contributed by atoms with Crippen LogP contribution in [0, 0.1) is 0 Å². The third-order valence-electron chi connectivity index (χ3n) is 1.58. The van der Waals surface area contributed by atoms with Crippen LogP contribution < -0.4 is 11.1 Å². The number of rotatable bonds is 3. The molecule has 0 aromatic heterocycles. The average molecular weight is 189 g/mol. The Kier molecular flexibility index (Phi) is 4.58. The molecular weight excluding hydrogens is 174 g/mol. The maximum absolute atomic E-state index is 11.4. The summed E-state index contributed by atoms with van der Waals surface area (Å²) in [5.41, 5.74) is 5.22. The van der Waals surface area contributed by atoms with Gasteiger partial charge in [-0.25, -0.2) is 0 Å². The second-order valence-electron chi connectivity index (χ2n) is 2.58. The number of carbonyl (C=O) groups excluding carboxylic acids is 1. The summed E-state index contributed by atoms with van der Waals surface area (Å²) < 4.78 is 0. The van der Waals surface area contributed by atoms with E-state index >= 15 is 0 Å². The van der Waals surface area contributed by atoms with E-state index in [0.717, 1.165) is 0 Å². The predicted molar refractivity (Wildman–Crippen MR) is 52.7 cm³/mol. The number of amides is 1. The molecule has 0 bridgehead atoms. The van der Waals surface area contributed by atoms with E-state index in [0.29, 0.717) is 6.54 Å². The van der Waals surface area contributed by atoms with Crippen LogP contribution in [-0.2, 0) is 4.79 Å². The maximum Gasteiger partial charge on any atom is 0.244 e. The zero-order valence-electron chi connectivity index (χ0n) is 7.63. The van der Waals surface area contributed by atoms with Crippen LogP contribution in [0.3, 0.4) is 0 Å². The Morgan fingerprint density at radius 1 is 1.75 bits per heavy atom. The van der Waals surface area contributed by atoms with Gasteiger partial charge in [-0.1, -0.05) is 0 Å². The molecule has 70 valence electrons. The van der Waals surface area contributed by atoms with Crippen LogP contribution in [-0.4, -0.2) is 35.6 Å². The van der Waals surface area contributed by atoms with E-state index in [9.17, 15) is 4.79 Å². The highest BCUT2D eigenvalue weighted by Gasteiger charge is 2.15. The molecule has 0 aliphatic carbocycles. The average Bonchev–Trinajstić information content (AvgIpc) is 2.00. The number of nitrogens with two attached hydrogens (primary N) is 1. The van der Waals surface area contributed by atoms with Crippen LogP contribution in [0.15, 0.2) is 0 Å². The number of nitrogens with one attached hydrogen (secondary N) is 1. The molecule has 0 aliphatic heterocycles. The summed E-state index contributed by atoms with van der Waals surface area (Å²) in [6.45, 7) is 4.32. The molecule has 3 N–H and O–H groups in total. The van der Waals surface area contributed by atoms with Crippen molar-refractivity contribution in [3.63, 3.8) is 0 Å². The van der Waals surface area contributed by atoms with Crippen molar-refractivity contribution in [2.45, 2.75) is 19.9 Å². The van der Waals surface area contributed by atoms with E-state index in [-0.39, 0.29) is 17.1 Å². The molecule has 0 heterocycles. The molecule has 4 nitrogen and oxygen atoms in total. The van der Waals surface area contributed by atoms with Crippen molar-refractivity contribution in [1.29, 1.82) is 0 Å². The number of hydrogen-bond acceptors (Lipinski definition) is 2. The minimum Gasteiger partial charge on any atom is -0.376 e.